The minimum Gasteiger partial charge on any atom is -0.349 e. The number of rotatable bonds is 6. The molecule has 1 aliphatic carbocycles. The minimum atomic E-state index is 0.640. The quantitative estimate of drug-likeness (QED) is 0.722. The van der Waals surface area contributed by atoms with Crippen molar-refractivity contribution in [1.82, 2.24) is 15.3 Å². The minimum absolute atomic E-state index is 0.640. The van der Waals surface area contributed by atoms with Gasteiger partial charge in [0.2, 0.25) is 0 Å². The zero-order valence-electron chi connectivity index (χ0n) is 8.79. The maximum absolute atomic E-state index is 4.28. The molecule has 0 saturated heterocycles. The normalized spacial score (nSPS) is 18.4. The summed E-state index contributed by atoms with van der Waals surface area (Å²) in [6.45, 7) is 3.34. The fourth-order valence-electron chi connectivity index (χ4n) is 1.85. The van der Waals surface area contributed by atoms with Crippen molar-refractivity contribution in [2.24, 2.45) is 5.92 Å². The van der Waals surface area contributed by atoms with Gasteiger partial charge < -0.3 is 10.3 Å². The maximum Gasteiger partial charge on any atom is 0.107 e. The van der Waals surface area contributed by atoms with E-state index >= 15 is 0 Å². The number of nitrogens with one attached hydrogen (secondary N) is 2. The molecular formula is C11H19N3. The Morgan fingerprint density at radius 2 is 2.50 bits per heavy atom. The van der Waals surface area contributed by atoms with Crippen LogP contribution < -0.4 is 5.32 Å². The average molecular weight is 193 g/mol. The van der Waals surface area contributed by atoms with Crippen LogP contribution in [-0.4, -0.2) is 22.6 Å². The van der Waals surface area contributed by atoms with Crippen LogP contribution in [-0.2, 0) is 6.42 Å². The van der Waals surface area contributed by atoms with Gasteiger partial charge >= 0.3 is 0 Å². The SMILES string of the molecule is CCCNC(Cc1ncc[nH]1)C1CC1. The van der Waals surface area contributed by atoms with E-state index in [0.29, 0.717) is 6.04 Å². The fraction of sp³-hybridized carbons (Fsp3) is 0.727. The number of imidazole rings is 1. The van der Waals surface area contributed by atoms with Gasteiger partial charge in [0.1, 0.15) is 5.82 Å². The summed E-state index contributed by atoms with van der Waals surface area (Å²) in [6, 6.07) is 0.640. The topological polar surface area (TPSA) is 40.7 Å². The third kappa shape index (κ3) is 2.58. The Balaban J connectivity index is 1.84. The van der Waals surface area contributed by atoms with E-state index in [0.717, 1.165) is 24.7 Å². The second kappa shape index (κ2) is 4.60. The molecule has 78 valence electrons. The smallest absolute Gasteiger partial charge is 0.107 e. The average Bonchev–Trinajstić information content (AvgIpc) is 2.92. The molecule has 1 heterocycles. The summed E-state index contributed by atoms with van der Waals surface area (Å²) in [5.74, 6) is 2.01. The van der Waals surface area contributed by atoms with Crippen molar-refractivity contribution in [2.75, 3.05) is 6.54 Å². The standard InChI is InChI=1S/C11H19N3/c1-2-5-12-10(9-3-4-9)8-11-13-6-7-14-11/h6-7,9-10,12H,2-5,8H2,1H3,(H,13,14). The number of aromatic nitrogens is 2. The summed E-state index contributed by atoms with van der Waals surface area (Å²) < 4.78 is 0. The second-order valence-electron chi connectivity index (χ2n) is 4.14. The first kappa shape index (κ1) is 9.71. The molecule has 0 spiro atoms. The lowest BCUT2D eigenvalue weighted by Crippen LogP contribution is -2.34. The van der Waals surface area contributed by atoms with Gasteiger partial charge in [-0.2, -0.15) is 0 Å². The Kier molecular flexibility index (Phi) is 3.19. The highest BCUT2D eigenvalue weighted by atomic mass is 15.0. The van der Waals surface area contributed by atoms with Crippen LogP contribution in [0, 0.1) is 5.92 Å². The van der Waals surface area contributed by atoms with Gasteiger partial charge in [0.15, 0.2) is 0 Å². The Morgan fingerprint density at radius 3 is 3.07 bits per heavy atom. The third-order valence-corrected chi connectivity index (χ3v) is 2.82. The van der Waals surface area contributed by atoms with Crippen LogP contribution >= 0.6 is 0 Å². The molecule has 0 aliphatic heterocycles. The van der Waals surface area contributed by atoms with E-state index in [9.17, 15) is 0 Å². The van der Waals surface area contributed by atoms with Crippen molar-refractivity contribution in [1.29, 1.82) is 0 Å². The molecule has 1 aromatic rings. The van der Waals surface area contributed by atoms with Gasteiger partial charge in [0, 0.05) is 24.9 Å². The third-order valence-electron chi connectivity index (χ3n) is 2.82. The van der Waals surface area contributed by atoms with Gasteiger partial charge in [-0.3, -0.25) is 0 Å². The molecule has 2 N–H and O–H groups in total. The fourth-order valence-corrected chi connectivity index (χ4v) is 1.85. The van der Waals surface area contributed by atoms with E-state index in [4.69, 9.17) is 0 Å². The Bertz CT molecular complexity index is 252. The van der Waals surface area contributed by atoms with Crippen LogP contribution in [0.25, 0.3) is 0 Å². The van der Waals surface area contributed by atoms with Gasteiger partial charge in [-0.1, -0.05) is 6.92 Å². The van der Waals surface area contributed by atoms with Gasteiger partial charge in [0.05, 0.1) is 0 Å². The number of aromatic amines is 1. The predicted octanol–water partition coefficient (Wildman–Crippen LogP) is 1.73. The van der Waals surface area contributed by atoms with Crippen LogP contribution in [0.4, 0.5) is 0 Å². The number of hydrogen-bond acceptors (Lipinski definition) is 2. The van der Waals surface area contributed by atoms with Crippen molar-refractivity contribution in [2.45, 2.75) is 38.6 Å². The molecule has 0 bridgehead atoms. The molecule has 1 saturated carbocycles. The molecule has 3 heteroatoms. The number of H-pyrrole nitrogens is 1. The molecule has 1 aliphatic rings. The molecule has 2 rings (SSSR count). The first-order chi connectivity index (χ1) is 6.90. The largest absolute Gasteiger partial charge is 0.349 e. The van der Waals surface area contributed by atoms with Crippen LogP contribution in [0.2, 0.25) is 0 Å². The zero-order chi connectivity index (χ0) is 9.80. The van der Waals surface area contributed by atoms with Crippen molar-refractivity contribution < 1.29 is 0 Å². The summed E-state index contributed by atoms with van der Waals surface area (Å²) in [5, 5.41) is 3.61. The monoisotopic (exact) mass is 193 g/mol. The van der Waals surface area contributed by atoms with Crippen molar-refractivity contribution in [3.63, 3.8) is 0 Å². The molecule has 1 aromatic heterocycles. The molecule has 0 radical (unpaired) electrons. The van der Waals surface area contributed by atoms with Crippen molar-refractivity contribution in [3.05, 3.63) is 18.2 Å². The summed E-state index contributed by atoms with van der Waals surface area (Å²) >= 11 is 0. The summed E-state index contributed by atoms with van der Waals surface area (Å²) in [7, 11) is 0. The zero-order valence-corrected chi connectivity index (χ0v) is 8.79. The highest BCUT2D eigenvalue weighted by Gasteiger charge is 2.31. The first-order valence-electron chi connectivity index (χ1n) is 5.61. The lowest BCUT2D eigenvalue weighted by atomic mass is 10.1. The molecule has 0 aromatic carbocycles. The molecule has 0 amide bonds. The molecule has 3 nitrogen and oxygen atoms in total. The number of hydrogen-bond donors (Lipinski definition) is 2. The van der Waals surface area contributed by atoms with Crippen LogP contribution in [0.1, 0.15) is 32.0 Å². The summed E-state index contributed by atoms with van der Waals surface area (Å²) in [6.07, 6.45) is 8.78. The van der Waals surface area contributed by atoms with Gasteiger partial charge in [0.25, 0.3) is 0 Å². The Hall–Kier alpha value is -0.830. The molecule has 1 atom stereocenters. The van der Waals surface area contributed by atoms with E-state index in [1.165, 1.54) is 19.3 Å². The van der Waals surface area contributed by atoms with Crippen molar-refractivity contribution >= 4 is 0 Å². The Labute approximate surface area is 85.3 Å². The van der Waals surface area contributed by atoms with Crippen LogP contribution in [0.5, 0.6) is 0 Å². The predicted molar refractivity (Wildman–Crippen MR) is 57.1 cm³/mol. The summed E-state index contributed by atoms with van der Waals surface area (Å²) in [5.41, 5.74) is 0. The summed E-state index contributed by atoms with van der Waals surface area (Å²) in [4.78, 5) is 7.45. The molecule has 1 unspecified atom stereocenters. The molecular weight excluding hydrogens is 174 g/mol. The van der Waals surface area contributed by atoms with Gasteiger partial charge in [-0.05, 0) is 31.7 Å². The van der Waals surface area contributed by atoms with E-state index in [2.05, 4.69) is 22.2 Å². The second-order valence-corrected chi connectivity index (χ2v) is 4.14. The van der Waals surface area contributed by atoms with E-state index in [1.54, 1.807) is 0 Å². The first-order valence-corrected chi connectivity index (χ1v) is 5.61. The highest BCUT2D eigenvalue weighted by Crippen LogP contribution is 2.33. The Morgan fingerprint density at radius 1 is 1.64 bits per heavy atom. The van der Waals surface area contributed by atoms with E-state index < -0.39 is 0 Å². The van der Waals surface area contributed by atoms with E-state index in [1.807, 2.05) is 12.4 Å². The number of nitrogens with zero attached hydrogens (tertiary/aromatic N) is 1. The van der Waals surface area contributed by atoms with Crippen LogP contribution in [0.15, 0.2) is 12.4 Å². The highest BCUT2D eigenvalue weighted by molar-refractivity contribution is 4.96. The van der Waals surface area contributed by atoms with Crippen molar-refractivity contribution in [3.8, 4) is 0 Å². The molecule has 1 fully saturated rings. The molecule has 14 heavy (non-hydrogen) atoms. The van der Waals surface area contributed by atoms with E-state index in [-0.39, 0.29) is 0 Å². The van der Waals surface area contributed by atoms with Gasteiger partial charge in [-0.25, -0.2) is 4.98 Å². The lowest BCUT2D eigenvalue weighted by Gasteiger charge is -2.16. The van der Waals surface area contributed by atoms with Crippen LogP contribution in [0.3, 0.4) is 0 Å². The maximum atomic E-state index is 4.28. The van der Waals surface area contributed by atoms with Gasteiger partial charge in [-0.15, -0.1) is 0 Å². The lowest BCUT2D eigenvalue weighted by molar-refractivity contribution is 0.453.